The van der Waals surface area contributed by atoms with Crippen molar-refractivity contribution in [3.8, 4) is 0 Å². The molecule has 0 aromatic rings. The van der Waals surface area contributed by atoms with Crippen LogP contribution in [0.5, 0.6) is 0 Å². The highest BCUT2D eigenvalue weighted by Crippen LogP contribution is 2.29. The Bertz CT molecular complexity index is 390. The van der Waals surface area contributed by atoms with Gasteiger partial charge in [0.15, 0.2) is 0 Å². The lowest BCUT2D eigenvalue weighted by molar-refractivity contribution is 0.140. The van der Waals surface area contributed by atoms with E-state index in [9.17, 15) is 8.42 Å². The summed E-state index contributed by atoms with van der Waals surface area (Å²) in [5, 5.41) is 0. The first-order chi connectivity index (χ1) is 7.57. The molecule has 0 fully saturated rings. The van der Waals surface area contributed by atoms with Gasteiger partial charge in [0.05, 0.1) is 0 Å². The summed E-state index contributed by atoms with van der Waals surface area (Å²) < 4.78 is 30.1. The summed E-state index contributed by atoms with van der Waals surface area (Å²) in [4.78, 5) is 0. The van der Waals surface area contributed by atoms with Crippen LogP contribution in [-0.2, 0) is 10.2 Å². The Labute approximate surface area is 113 Å². The van der Waals surface area contributed by atoms with E-state index in [0.717, 1.165) is 0 Å². The second-order valence-corrected chi connectivity index (χ2v) is 9.16. The number of rotatable bonds is 2. The summed E-state index contributed by atoms with van der Waals surface area (Å²) in [6.07, 6.45) is 1.49. The first-order valence-electron chi connectivity index (χ1n) is 6.19. The topological polar surface area (TPSA) is 49.7 Å². The summed E-state index contributed by atoms with van der Waals surface area (Å²) in [6.45, 7) is 17.0. The van der Waals surface area contributed by atoms with Gasteiger partial charge in [0, 0.05) is 17.3 Å². The first kappa shape index (κ1) is 17.6. The zero-order valence-corrected chi connectivity index (χ0v) is 14.0. The monoisotopic (exact) mass is 276 g/mol. The maximum Gasteiger partial charge on any atom is 0.322 e. The van der Waals surface area contributed by atoms with E-state index in [0.29, 0.717) is 0 Å². The van der Waals surface area contributed by atoms with Crippen LogP contribution in [0.15, 0.2) is 4.40 Å². The summed E-state index contributed by atoms with van der Waals surface area (Å²) in [5.74, 6) is 0. The molecule has 0 N–H and O–H groups in total. The van der Waals surface area contributed by atoms with E-state index in [1.807, 2.05) is 62.3 Å². The lowest BCUT2D eigenvalue weighted by Crippen LogP contribution is -2.54. The summed E-state index contributed by atoms with van der Waals surface area (Å²) in [7, 11) is -3.67. The van der Waals surface area contributed by atoms with Gasteiger partial charge < -0.3 is 0 Å². The fraction of sp³-hybridized carbons (Fsp3) is 0.923. The van der Waals surface area contributed by atoms with Crippen molar-refractivity contribution < 1.29 is 8.42 Å². The minimum Gasteiger partial charge on any atom is -0.187 e. The number of hydrogen-bond acceptors (Lipinski definition) is 2. The molecule has 0 aliphatic rings. The van der Waals surface area contributed by atoms with Gasteiger partial charge in [0.25, 0.3) is 0 Å². The Morgan fingerprint density at radius 3 is 1.39 bits per heavy atom. The van der Waals surface area contributed by atoms with Crippen LogP contribution >= 0.6 is 0 Å². The van der Waals surface area contributed by atoms with Crippen LogP contribution in [0.3, 0.4) is 0 Å². The third-order valence-corrected chi connectivity index (χ3v) is 3.95. The van der Waals surface area contributed by atoms with Crippen LogP contribution in [-0.4, -0.2) is 30.0 Å². The predicted molar refractivity (Wildman–Crippen MR) is 78.2 cm³/mol. The minimum absolute atomic E-state index is 0.255. The zero-order valence-electron chi connectivity index (χ0n) is 13.2. The van der Waals surface area contributed by atoms with Crippen LogP contribution in [0.25, 0.3) is 0 Å². The number of nitrogens with zero attached hydrogens (tertiary/aromatic N) is 2. The van der Waals surface area contributed by atoms with E-state index in [2.05, 4.69) is 4.40 Å². The van der Waals surface area contributed by atoms with Crippen molar-refractivity contribution in [3.05, 3.63) is 0 Å². The Hall–Kier alpha value is -0.420. The van der Waals surface area contributed by atoms with Crippen molar-refractivity contribution in [2.24, 2.45) is 9.81 Å². The molecule has 0 unspecified atom stereocenters. The molecule has 0 rings (SSSR count). The van der Waals surface area contributed by atoms with Gasteiger partial charge in [-0.2, -0.15) is 17.1 Å². The quantitative estimate of drug-likeness (QED) is 0.727. The highest BCUT2D eigenvalue weighted by Gasteiger charge is 2.40. The van der Waals surface area contributed by atoms with Gasteiger partial charge in [-0.25, -0.2) is 0 Å². The Morgan fingerprint density at radius 1 is 0.833 bits per heavy atom. The SMILES string of the molecule is CC(C)(C)/C=N/S(=O)(=O)N(C(C)(C)C)C(C)(C)C. The van der Waals surface area contributed by atoms with Gasteiger partial charge in [0.2, 0.25) is 0 Å². The van der Waals surface area contributed by atoms with Gasteiger partial charge in [0.1, 0.15) is 0 Å². The molecule has 4 nitrogen and oxygen atoms in total. The largest absolute Gasteiger partial charge is 0.322 e. The van der Waals surface area contributed by atoms with Crippen LogP contribution in [0.2, 0.25) is 0 Å². The molecule has 0 aliphatic carbocycles. The fourth-order valence-electron chi connectivity index (χ4n) is 1.97. The van der Waals surface area contributed by atoms with E-state index in [-0.39, 0.29) is 5.41 Å². The standard InChI is InChI=1S/C13H28N2O2S/c1-11(2,3)10-14-18(16,17)15(12(4,5)6)13(7,8)9/h10H,1-9H3/b14-10+. The highest BCUT2D eigenvalue weighted by atomic mass is 32.2. The van der Waals surface area contributed by atoms with Crippen molar-refractivity contribution in [1.29, 1.82) is 0 Å². The van der Waals surface area contributed by atoms with Crippen LogP contribution in [0, 0.1) is 5.41 Å². The normalized spacial score (nSPS) is 15.7. The molecule has 0 aromatic heterocycles. The molecule has 0 saturated heterocycles. The van der Waals surface area contributed by atoms with Gasteiger partial charge in [-0.05, 0) is 47.0 Å². The van der Waals surface area contributed by atoms with Crippen molar-refractivity contribution in [2.45, 2.75) is 73.4 Å². The molecule has 0 bridgehead atoms. The Balaban J connectivity index is 5.61. The van der Waals surface area contributed by atoms with Gasteiger partial charge in [-0.1, -0.05) is 20.8 Å². The summed E-state index contributed by atoms with van der Waals surface area (Å²) in [6, 6.07) is 0. The van der Waals surface area contributed by atoms with E-state index in [1.165, 1.54) is 10.5 Å². The lowest BCUT2D eigenvalue weighted by atomic mass is 10.00. The van der Waals surface area contributed by atoms with Crippen molar-refractivity contribution in [2.75, 3.05) is 0 Å². The fourth-order valence-corrected chi connectivity index (χ4v) is 3.90. The molecule has 108 valence electrons. The second-order valence-electron chi connectivity index (χ2n) is 7.68. The Morgan fingerprint density at radius 2 is 1.17 bits per heavy atom. The molecular formula is C13H28N2O2S. The molecule has 0 radical (unpaired) electrons. The van der Waals surface area contributed by atoms with Crippen LogP contribution in [0.1, 0.15) is 62.3 Å². The molecule has 0 spiro atoms. The van der Waals surface area contributed by atoms with Crippen molar-refractivity contribution in [3.63, 3.8) is 0 Å². The predicted octanol–water partition coefficient (Wildman–Crippen LogP) is 3.25. The van der Waals surface area contributed by atoms with Crippen molar-refractivity contribution in [1.82, 2.24) is 4.31 Å². The minimum atomic E-state index is -3.67. The average Bonchev–Trinajstić information content (AvgIpc) is 1.92. The average molecular weight is 276 g/mol. The molecule has 0 saturated carbocycles. The molecule has 18 heavy (non-hydrogen) atoms. The first-order valence-corrected chi connectivity index (χ1v) is 7.59. The van der Waals surface area contributed by atoms with Crippen LogP contribution < -0.4 is 0 Å². The molecule has 0 heterocycles. The van der Waals surface area contributed by atoms with E-state index in [4.69, 9.17) is 0 Å². The van der Waals surface area contributed by atoms with Gasteiger partial charge in [-0.15, -0.1) is 0 Å². The van der Waals surface area contributed by atoms with Crippen LogP contribution in [0.4, 0.5) is 0 Å². The highest BCUT2D eigenvalue weighted by molar-refractivity contribution is 7.88. The maximum atomic E-state index is 12.4. The maximum absolute atomic E-state index is 12.4. The summed E-state index contributed by atoms with van der Waals surface area (Å²) >= 11 is 0. The molecule has 0 atom stereocenters. The molecule has 5 heteroatoms. The third-order valence-electron chi connectivity index (χ3n) is 2.02. The summed E-state index contributed by atoms with van der Waals surface area (Å²) in [5.41, 5.74) is -1.27. The number of hydrogen-bond donors (Lipinski definition) is 0. The van der Waals surface area contributed by atoms with Gasteiger partial charge >= 0.3 is 10.2 Å². The molecule has 0 aliphatic heterocycles. The van der Waals surface area contributed by atoms with Crippen molar-refractivity contribution >= 4 is 16.4 Å². The Kier molecular flexibility index (Phi) is 4.81. The molecule has 0 amide bonds. The van der Waals surface area contributed by atoms with E-state index >= 15 is 0 Å². The lowest BCUT2D eigenvalue weighted by Gasteiger charge is -2.42. The second kappa shape index (κ2) is 4.93. The van der Waals surface area contributed by atoms with E-state index in [1.54, 1.807) is 0 Å². The van der Waals surface area contributed by atoms with Gasteiger partial charge in [-0.3, -0.25) is 0 Å². The zero-order chi connectivity index (χ0) is 15.0. The van der Waals surface area contributed by atoms with E-state index < -0.39 is 21.3 Å². The molecular weight excluding hydrogens is 248 g/mol. The molecule has 0 aromatic carbocycles. The smallest absolute Gasteiger partial charge is 0.187 e. The third kappa shape index (κ3) is 5.48.